The van der Waals surface area contributed by atoms with E-state index in [0.717, 1.165) is 45.1 Å². The smallest absolute Gasteiger partial charge is 0.329 e. The maximum absolute atomic E-state index is 12.4. The van der Waals surface area contributed by atoms with Crippen molar-refractivity contribution in [3.63, 3.8) is 0 Å². The van der Waals surface area contributed by atoms with Crippen molar-refractivity contribution in [2.24, 2.45) is 0 Å². The number of methoxy groups -OCH3 is 2. The lowest BCUT2D eigenvalue weighted by Gasteiger charge is -2.18. The van der Waals surface area contributed by atoms with Crippen molar-refractivity contribution in [3.05, 3.63) is 0 Å². The topological polar surface area (TPSA) is 164 Å². The van der Waals surface area contributed by atoms with Gasteiger partial charge in [-0.1, -0.05) is 79.9 Å². The number of carbonyl (C=O) groups is 4. The van der Waals surface area contributed by atoms with Crippen LogP contribution in [-0.2, 0) is 28.7 Å². The molecule has 2 atom stereocenters. The van der Waals surface area contributed by atoms with E-state index in [-0.39, 0.29) is 29.5 Å². The van der Waals surface area contributed by atoms with E-state index in [1.165, 1.54) is 74.3 Å². The Hall–Kier alpha value is -1.50. The second-order valence-corrected chi connectivity index (χ2v) is 12.0. The number of hydrogen-bond donors (Lipinski definition) is 4. The number of ether oxygens (including phenoxy) is 2. The number of esters is 2. The zero-order valence-electron chi connectivity index (χ0n) is 25.0. The molecule has 0 rings (SSSR count). The molecule has 0 aliphatic carbocycles. The second kappa shape index (κ2) is 28.0. The zero-order valence-corrected chi connectivity index (χ0v) is 26.7. The number of amides is 2. The minimum atomic E-state index is -0.769. The van der Waals surface area contributed by atoms with Crippen molar-refractivity contribution in [1.29, 1.82) is 0 Å². The van der Waals surface area contributed by atoms with Gasteiger partial charge in [0.2, 0.25) is 11.8 Å². The Bertz CT molecular complexity index is 658. The standard InChI is InChI=1S/C27H51N3O6S2.H3N/c1-5-6-7-8-11-14-17-24(31)29-22(26(33)35-3)20-37-38-21-23(27(34)36-4)30-25(32)18-15-12-9-10-13-16-19-28-2;/h22-23,28H,5-21H2,1-4H3,(H,29,31)(H,30,32);1H3/p+2. The van der Waals surface area contributed by atoms with Crippen LogP contribution in [0, 0.1) is 0 Å². The number of nitrogens with two attached hydrogens (primary N) is 1. The molecule has 0 aliphatic rings. The van der Waals surface area contributed by atoms with E-state index < -0.39 is 24.0 Å². The molecule has 10 nitrogen and oxygen atoms in total. The number of carbonyl (C=O) groups excluding carboxylic acids is 4. The highest BCUT2D eigenvalue weighted by molar-refractivity contribution is 8.76. The van der Waals surface area contributed by atoms with Gasteiger partial charge >= 0.3 is 11.9 Å². The summed E-state index contributed by atoms with van der Waals surface area (Å²) in [5.41, 5.74) is 0. The molecule has 39 heavy (non-hydrogen) atoms. The molecule has 0 aliphatic heterocycles. The Morgan fingerprint density at radius 3 is 1.44 bits per heavy atom. The van der Waals surface area contributed by atoms with E-state index in [9.17, 15) is 19.2 Å². The Labute approximate surface area is 244 Å². The summed E-state index contributed by atoms with van der Waals surface area (Å²) in [4.78, 5) is 49.0. The van der Waals surface area contributed by atoms with Crippen LogP contribution in [0.15, 0.2) is 0 Å². The highest BCUT2D eigenvalue weighted by atomic mass is 33.1. The first-order chi connectivity index (χ1) is 18.4. The summed E-state index contributed by atoms with van der Waals surface area (Å²) >= 11 is 0. The predicted octanol–water partition coefficient (Wildman–Crippen LogP) is 3.73. The Balaban J connectivity index is 0. The van der Waals surface area contributed by atoms with Crippen LogP contribution < -0.4 is 22.1 Å². The van der Waals surface area contributed by atoms with Gasteiger partial charge in [0.05, 0.1) is 27.8 Å². The second-order valence-electron chi connectivity index (χ2n) is 9.44. The highest BCUT2D eigenvalue weighted by Crippen LogP contribution is 2.24. The van der Waals surface area contributed by atoms with Crippen molar-refractivity contribution in [3.8, 4) is 0 Å². The first kappa shape index (κ1) is 39.6. The van der Waals surface area contributed by atoms with Gasteiger partial charge in [0.25, 0.3) is 0 Å². The van der Waals surface area contributed by atoms with Gasteiger partial charge < -0.3 is 31.6 Å². The normalized spacial score (nSPS) is 12.1. The lowest BCUT2D eigenvalue weighted by Crippen LogP contribution is -2.79. The summed E-state index contributed by atoms with van der Waals surface area (Å²) < 4.78 is 9.69. The molecular formula is C27H56N4O6S2+2. The van der Waals surface area contributed by atoms with Crippen LogP contribution in [-0.4, -0.2) is 75.2 Å². The number of unbranched alkanes of at least 4 members (excludes halogenated alkanes) is 10. The molecule has 0 saturated carbocycles. The molecule has 0 bridgehead atoms. The summed E-state index contributed by atoms with van der Waals surface area (Å²) in [6.45, 7) is 3.32. The zero-order chi connectivity index (χ0) is 28.4. The molecule has 2 unspecified atom stereocenters. The predicted molar refractivity (Wildman–Crippen MR) is 162 cm³/mol. The van der Waals surface area contributed by atoms with Crippen LogP contribution >= 0.6 is 21.6 Å². The highest BCUT2D eigenvalue weighted by Gasteiger charge is 2.24. The summed E-state index contributed by atoms with van der Waals surface area (Å²) in [6, 6.07) is -1.54. The molecule has 0 aromatic carbocycles. The summed E-state index contributed by atoms with van der Waals surface area (Å²) in [5, 5.41) is 7.72. The Morgan fingerprint density at radius 2 is 1.05 bits per heavy atom. The molecular weight excluding hydrogens is 540 g/mol. The number of hydrogen-bond acceptors (Lipinski definition) is 8. The van der Waals surface area contributed by atoms with Crippen molar-refractivity contribution in [1.82, 2.24) is 16.8 Å². The van der Waals surface area contributed by atoms with Crippen molar-refractivity contribution in [2.75, 3.05) is 39.3 Å². The molecule has 0 heterocycles. The van der Waals surface area contributed by atoms with Gasteiger partial charge in [-0.15, -0.1) is 0 Å². The number of nitrogens with one attached hydrogen (secondary N) is 2. The van der Waals surface area contributed by atoms with Crippen LogP contribution in [0.2, 0.25) is 0 Å². The fourth-order valence-corrected chi connectivity index (χ4v) is 6.09. The van der Waals surface area contributed by atoms with Gasteiger partial charge in [-0.2, -0.15) is 0 Å². The minimum Gasteiger partial charge on any atom is -0.467 e. The molecule has 2 amide bonds. The van der Waals surface area contributed by atoms with E-state index in [0.29, 0.717) is 12.8 Å². The maximum atomic E-state index is 12.4. The molecule has 0 saturated heterocycles. The fourth-order valence-electron chi connectivity index (χ4n) is 3.79. The Kier molecular flexibility index (Phi) is 28.5. The van der Waals surface area contributed by atoms with E-state index in [1.54, 1.807) is 0 Å². The molecule has 12 heteroatoms. The first-order valence-electron chi connectivity index (χ1n) is 14.2. The van der Waals surface area contributed by atoms with Crippen LogP contribution in [0.25, 0.3) is 0 Å². The molecule has 0 spiro atoms. The van der Waals surface area contributed by atoms with Crippen LogP contribution in [0.5, 0.6) is 0 Å². The largest absolute Gasteiger partial charge is 0.467 e. The monoisotopic (exact) mass is 596 g/mol. The number of quaternary nitrogens is 2. The van der Waals surface area contributed by atoms with Gasteiger partial charge in [-0.3, -0.25) is 9.59 Å². The average Bonchev–Trinajstić information content (AvgIpc) is 2.92. The van der Waals surface area contributed by atoms with E-state index in [4.69, 9.17) is 9.47 Å². The number of rotatable bonds is 25. The first-order valence-corrected chi connectivity index (χ1v) is 16.6. The molecule has 230 valence electrons. The molecule has 0 radical (unpaired) electrons. The Morgan fingerprint density at radius 1 is 0.667 bits per heavy atom. The summed E-state index contributed by atoms with van der Waals surface area (Å²) in [7, 11) is 7.34. The summed E-state index contributed by atoms with van der Waals surface area (Å²) in [5.74, 6) is -0.761. The van der Waals surface area contributed by atoms with Gasteiger partial charge in [-0.25, -0.2) is 9.59 Å². The quantitative estimate of drug-likeness (QED) is 0.0703. The third-order valence-corrected chi connectivity index (χ3v) is 8.52. The van der Waals surface area contributed by atoms with Gasteiger partial charge in [0.15, 0.2) is 0 Å². The SMILES string of the molecule is CCCCCCCCC(=O)NC(CSSCC(NC(=O)CCCCCCCC[NH2+]C)C(=O)OC)C(=O)OC.[NH4+]. The van der Waals surface area contributed by atoms with Crippen molar-refractivity contribution >= 4 is 45.3 Å². The molecule has 0 aromatic heterocycles. The van der Waals surface area contributed by atoms with Crippen LogP contribution in [0.1, 0.15) is 96.8 Å². The van der Waals surface area contributed by atoms with Crippen molar-refractivity contribution < 1.29 is 34.0 Å². The van der Waals surface area contributed by atoms with Crippen LogP contribution in [0.3, 0.4) is 0 Å². The van der Waals surface area contributed by atoms with Crippen molar-refractivity contribution in [2.45, 2.75) is 109 Å². The van der Waals surface area contributed by atoms with Gasteiger partial charge in [-0.05, 0) is 25.7 Å². The molecule has 0 fully saturated rings. The van der Waals surface area contributed by atoms with Gasteiger partial charge in [0, 0.05) is 24.3 Å². The fraction of sp³-hybridized carbons (Fsp3) is 0.852. The lowest BCUT2D eigenvalue weighted by molar-refractivity contribution is -0.627. The minimum absolute atomic E-state index is 0. The molecule has 8 N–H and O–H groups in total. The third-order valence-electron chi connectivity index (χ3n) is 6.10. The van der Waals surface area contributed by atoms with Crippen LogP contribution in [0.4, 0.5) is 0 Å². The van der Waals surface area contributed by atoms with E-state index in [2.05, 4.69) is 29.9 Å². The van der Waals surface area contributed by atoms with Gasteiger partial charge in [0.1, 0.15) is 12.1 Å². The summed E-state index contributed by atoms with van der Waals surface area (Å²) in [6.07, 6.45) is 13.8. The van der Waals surface area contributed by atoms with E-state index >= 15 is 0 Å². The van der Waals surface area contributed by atoms with E-state index in [1.807, 2.05) is 0 Å². The molecule has 0 aromatic rings. The maximum Gasteiger partial charge on any atom is 0.329 e. The lowest BCUT2D eigenvalue weighted by atomic mass is 10.1. The average molecular weight is 597 g/mol. The third kappa shape index (κ3) is 23.0.